The van der Waals surface area contributed by atoms with Crippen LogP contribution in [0.15, 0.2) is 0 Å². The van der Waals surface area contributed by atoms with Crippen LogP contribution in [0.2, 0.25) is 0 Å². The van der Waals surface area contributed by atoms with Crippen molar-refractivity contribution >= 4 is 18.4 Å². The van der Waals surface area contributed by atoms with Crippen LogP contribution in [0.25, 0.3) is 0 Å². The standard InChI is InChI=1S/C10H19NO2.ClH/c1-9(2,3)13-8(12)10(4)6-5-7-11-10;/h11H,5-7H2,1-4H3;1H/t10-;/m0./s1. The molecule has 0 unspecified atom stereocenters. The van der Waals surface area contributed by atoms with Crippen molar-refractivity contribution < 1.29 is 9.53 Å². The Morgan fingerprint density at radius 3 is 2.36 bits per heavy atom. The minimum absolute atomic E-state index is 0. The number of ether oxygens (including phenoxy) is 1. The number of nitrogens with one attached hydrogen (secondary N) is 1. The third kappa shape index (κ3) is 3.46. The Labute approximate surface area is 92.0 Å². The summed E-state index contributed by atoms with van der Waals surface area (Å²) in [5.41, 5.74) is -0.836. The summed E-state index contributed by atoms with van der Waals surface area (Å²) in [5, 5.41) is 3.18. The molecule has 1 N–H and O–H groups in total. The molecule has 0 aromatic carbocycles. The monoisotopic (exact) mass is 221 g/mol. The van der Waals surface area contributed by atoms with Gasteiger partial charge < -0.3 is 10.1 Å². The number of halogens is 1. The van der Waals surface area contributed by atoms with E-state index < -0.39 is 5.54 Å². The van der Waals surface area contributed by atoms with Gasteiger partial charge in [0, 0.05) is 0 Å². The zero-order chi connectivity index (χ0) is 10.1. The second-order valence-electron chi connectivity index (χ2n) is 4.86. The quantitative estimate of drug-likeness (QED) is 0.688. The second-order valence-corrected chi connectivity index (χ2v) is 4.86. The normalized spacial score (nSPS) is 26.9. The van der Waals surface area contributed by atoms with Gasteiger partial charge in [-0.1, -0.05) is 0 Å². The molecule has 0 spiro atoms. The summed E-state index contributed by atoms with van der Waals surface area (Å²) in [6, 6.07) is 0. The van der Waals surface area contributed by atoms with E-state index in [-0.39, 0.29) is 24.0 Å². The molecule has 0 bridgehead atoms. The molecular weight excluding hydrogens is 202 g/mol. The molecule has 1 aliphatic heterocycles. The van der Waals surface area contributed by atoms with Crippen LogP contribution < -0.4 is 5.32 Å². The fraction of sp³-hybridized carbons (Fsp3) is 0.900. The molecule has 84 valence electrons. The van der Waals surface area contributed by atoms with Gasteiger partial charge in [0.15, 0.2) is 0 Å². The zero-order valence-electron chi connectivity index (χ0n) is 9.35. The third-order valence-corrected chi connectivity index (χ3v) is 2.22. The van der Waals surface area contributed by atoms with Crippen molar-refractivity contribution in [3.8, 4) is 0 Å². The number of carbonyl (C=O) groups is 1. The molecule has 3 nitrogen and oxygen atoms in total. The highest BCUT2D eigenvalue weighted by molar-refractivity contribution is 5.85. The van der Waals surface area contributed by atoms with Crippen molar-refractivity contribution in [1.29, 1.82) is 0 Å². The Bertz CT molecular complexity index is 205. The van der Waals surface area contributed by atoms with Crippen molar-refractivity contribution in [3.63, 3.8) is 0 Å². The van der Waals surface area contributed by atoms with Crippen LogP contribution in [0.3, 0.4) is 0 Å². The van der Waals surface area contributed by atoms with Gasteiger partial charge in [-0.2, -0.15) is 0 Å². The first-order chi connectivity index (χ1) is 5.83. The molecule has 0 aromatic rings. The number of rotatable bonds is 1. The van der Waals surface area contributed by atoms with Gasteiger partial charge in [0.25, 0.3) is 0 Å². The van der Waals surface area contributed by atoms with E-state index in [0.717, 1.165) is 19.4 Å². The maximum Gasteiger partial charge on any atom is 0.326 e. The number of hydrogen-bond acceptors (Lipinski definition) is 3. The molecule has 4 heteroatoms. The first kappa shape index (κ1) is 13.7. The Morgan fingerprint density at radius 1 is 1.43 bits per heavy atom. The van der Waals surface area contributed by atoms with Gasteiger partial charge in [0.1, 0.15) is 11.1 Å². The van der Waals surface area contributed by atoms with Gasteiger partial charge in [-0.05, 0) is 47.1 Å². The summed E-state index contributed by atoms with van der Waals surface area (Å²) in [4.78, 5) is 11.7. The van der Waals surface area contributed by atoms with Crippen LogP contribution in [-0.2, 0) is 9.53 Å². The van der Waals surface area contributed by atoms with Gasteiger partial charge in [-0.25, -0.2) is 0 Å². The zero-order valence-corrected chi connectivity index (χ0v) is 10.2. The molecule has 1 rings (SSSR count). The van der Waals surface area contributed by atoms with Gasteiger partial charge >= 0.3 is 5.97 Å². The Balaban J connectivity index is 0.00000169. The topological polar surface area (TPSA) is 38.3 Å². The highest BCUT2D eigenvalue weighted by Crippen LogP contribution is 2.22. The van der Waals surface area contributed by atoms with E-state index in [9.17, 15) is 4.79 Å². The van der Waals surface area contributed by atoms with Gasteiger partial charge in [0.05, 0.1) is 0 Å². The highest BCUT2D eigenvalue weighted by atomic mass is 35.5. The Kier molecular flexibility index (Phi) is 4.40. The van der Waals surface area contributed by atoms with Crippen molar-refractivity contribution in [2.75, 3.05) is 6.54 Å². The second kappa shape index (κ2) is 4.49. The SMILES string of the molecule is CC(C)(C)OC(=O)[C@]1(C)CCCN1.Cl. The van der Waals surface area contributed by atoms with E-state index in [1.807, 2.05) is 27.7 Å². The van der Waals surface area contributed by atoms with Crippen LogP contribution in [0.5, 0.6) is 0 Å². The van der Waals surface area contributed by atoms with Gasteiger partial charge in [-0.3, -0.25) is 4.79 Å². The predicted molar refractivity (Wildman–Crippen MR) is 58.7 cm³/mol. The molecule has 0 aromatic heterocycles. The van der Waals surface area contributed by atoms with Crippen LogP contribution in [0.1, 0.15) is 40.5 Å². The van der Waals surface area contributed by atoms with Crippen LogP contribution in [0.4, 0.5) is 0 Å². The maximum absolute atomic E-state index is 11.7. The third-order valence-electron chi connectivity index (χ3n) is 2.22. The molecule has 0 aliphatic carbocycles. The fourth-order valence-electron chi connectivity index (χ4n) is 1.46. The minimum atomic E-state index is -0.451. The van der Waals surface area contributed by atoms with Gasteiger partial charge in [0.2, 0.25) is 0 Å². The lowest BCUT2D eigenvalue weighted by atomic mass is 10.0. The van der Waals surface area contributed by atoms with E-state index in [1.54, 1.807) is 0 Å². The van der Waals surface area contributed by atoms with Crippen molar-refractivity contribution in [2.45, 2.75) is 51.7 Å². The molecule has 1 aliphatic rings. The lowest BCUT2D eigenvalue weighted by Crippen LogP contribution is -2.48. The summed E-state index contributed by atoms with van der Waals surface area (Å²) in [6.07, 6.45) is 1.93. The fourth-order valence-corrected chi connectivity index (χ4v) is 1.46. The lowest BCUT2D eigenvalue weighted by Gasteiger charge is -2.28. The van der Waals surface area contributed by atoms with Crippen molar-refractivity contribution in [2.24, 2.45) is 0 Å². The largest absolute Gasteiger partial charge is 0.459 e. The molecule has 1 heterocycles. The van der Waals surface area contributed by atoms with Crippen LogP contribution >= 0.6 is 12.4 Å². The summed E-state index contributed by atoms with van der Waals surface area (Å²) in [5.74, 6) is -0.127. The van der Waals surface area contributed by atoms with Crippen LogP contribution in [-0.4, -0.2) is 23.7 Å². The minimum Gasteiger partial charge on any atom is -0.459 e. The Morgan fingerprint density at radius 2 is 2.00 bits per heavy atom. The Hall–Kier alpha value is -0.280. The lowest BCUT2D eigenvalue weighted by molar-refractivity contribution is -0.161. The maximum atomic E-state index is 11.7. The van der Waals surface area contributed by atoms with E-state index >= 15 is 0 Å². The highest BCUT2D eigenvalue weighted by Gasteiger charge is 2.39. The molecular formula is C10H20ClNO2. The van der Waals surface area contributed by atoms with Gasteiger partial charge in [-0.15, -0.1) is 12.4 Å². The first-order valence-electron chi connectivity index (χ1n) is 4.82. The summed E-state index contributed by atoms with van der Waals surface area (Å²) < 4.78 is 5.32. The number of hydrogen-bond donors (Lipinski definition) is 1. The molecule has 0 saturated carbocycles. The molecule has 1 fully saturated rings. The smallest absolute Gasteiger partial charge is 0.326 e. The molecule has 0 radical (unpaired) electrons. The predicted octanol–water partition coefficient (Wildman–Crippen LogP) is 1.89. The number of carbonyl (C=O) groups excluding carboxylic acids is 1. The van der Waals surface area contributed by atoms with E-state index in [1.165, 1.54) is 0 Å². The first-order valence-corrected chi connectivity index (χ1v) is 4.82. The summed E-state index contributed by atoms with van der Waals surface area (Å²) >= 11 is 0. The average molecular weight is 222 g/mol. The van der Waals surface area contributed by atoms with E-state index in [4.69, 9.17) is 4.74 Å². The molecule has 1 atom stereocenters. The molecule has 1 saturated heterocycles. The van der Waals surface area contributed by atoms with E-state index in [2.05, 4.69) is 5.32 Å². The van der Waals surface area contributed by atoms with Crippen molar-refractivity contribution in [1.82, 2.24) is 5.32 Å². The summed E-state index contributed by atoms with van der Waals surface area (Å²) in [6.45, 7) is 8.50. The van der Waals surface area contributed by atoms with Crippen molar-refractivity contribution in [3.05, 3.63) is 0 Å². The molecule has 14 heavy (non-hydrogen) atoms. The summed E-state index contributed by atoms with van der Waals surface area (Å²) in [7, 11) is 0. The number of esters is 1. The molecule has 0 amide bonds. The average Bonchev–Trinajstić information content (AvgIpc) is 2.33. The van der Waals surface area contributed by atoms with E-state index in [0.29, 0.717) is 0 Å². The van der Waals surface area contributed by atoms with Crippen LogP contribution in [0, 0.1) is 0 Å².